The lowest BCUT2D eigenvalue weighted by Crippen LogP contribution is -2.64. The van der Waals surface area contributed by atoms with Crippen molar-refractivity contribution in [2.75, 3.05) is 20.8 Å². The van der Waals surface area contributed by atoms with Gasteiger partial charge in [0.15, 0.2) is 0 Å². The van der Waals surface area contributed by atoms with Crippen LogP contribution < -0.4 is 0 Å². The summed E-state index contributed by atoms with van der Waals surface area (Å²) in [5.41, 5.74) is 1.58. The quantitative estimate of drug-likeness (QED) is 0.180. The Bertz CT molecular complexity index is 1410. The van der Waals surface area contributed by atoms with Crippen molar-refractivity contribution in [3.05, 3.63) is 23.3 Å². The number of hydrogen-bond acceptors (Lipinski definition) is 12. The van der Waals surface area contributed by atoms with Crippen molar-refractivity contribution in [3.8, 4) is 0 Å². The van der Waals surface area contributed by atoms with Crippen molar-refractivity contribution in [1.82, 2.24) is 4.90 Å². The lowest BCUT2D eigenvalue weighted by Gasteiger charge is -2.46. The molecule has 3 heterocycles. The maximum absolute atomic E-state index is 14.2. The van der Waals surface area contributed by atoms with Gasteiger partial charge >= 0.3 is 5.97 Å². The Hall–Kier alpha value is -2.52. The average Bonchev–Trinajstić information content (AvgIpc) is 3.15. The van der Waals surface area contributed by atoms with Crippen molar-refractivity contribution >= 4 is 23.4 Å². The van der Waals surface area contributed by atoms with E-state index in [4.69, 9.17) is 18.9 Å². The van der Waals surface area contributed by atoms with Gasteiger partial charge < -0.3 is 44.3 Å². The smallest absolute Gasteiger partial charge is 0.329 e. The molecule has 2 saturated heterocycles. The van der Waals surface area contributed by atoms with E-state index < -0.39 is 83.9 Å². The van der Waals surface area contributed by atoms with Gasteiger partial charge in [-0.15, -0.1) is 0 Å². The first kappa shape index (κ1) is 45.2. The first-order valence-electron chi connectivity index (χ1n) is 20.4. The average molecular weight is 778 g/mol. The minimum Gasteiger partial charge on any atom is -0.456 e. The van der Waals surface area contributed by atoms with E-state index in [-0.39, 0.29) is 56.0 Å². The fourth-order valence-electron chi connectivity index (χ4n) is 9.19. The van der Waals surface area contributed by atoms with Gasteiger partial charge in [0, 0.05) is 44.9 Å². The third-order valence-corrected chi connectivity index (χ3v) is 12.6. The third kappa shape index (κ3) is 10.7. The molecule has 14 atom stereocenters. The molecule has 13 nitrogen and oxygen atoms in total. The molecule has 1 saturated carbocycles. The van der Waals surface area contributed by atoms with Crippen LogP contribution in [0.1, 0.15) is 112 Å². The van der Waals surface area contributed by atoms with Crippen LogP contribution in [-0.2, 0) is 38.1 Å². The number of rotatable bonds is 5. The molecule has 312 valence electrons. The van der Waals surface area contributed by atoms with Crippen LogP contribution in [0.2, 0.25) is 0 Å². The molecule has 55 heavy (non-hydrogen) atoms. The van der Waals surface area contributed by atoms with E-state index in [1.807, 2.05) is 39.8 Å². The first-order valence-corrected chi connectivity index (χ1v) is 20.4. The molecule has 13 heteroatoms. The molecule has 1 aliphatic carbocycles. The third-order valence-electron chi connectivity index (χ3n) is 12.6. The lowest BCUT2D eigenvalue weighted by atomic mass is 9.81. The number of fused-ring (bicyclic) bond motifs is 3. The number of ether oxygens (including phenoxy) is 4. The Morgan fingerprint density at radius 1 is 0.927 bits per heavy atom. The highest BCUT2D eigenvalue weighted by molar-refractivity contribution is 6.39. The van der Waals surface area contributed by atoms with Gasteiger partial charge in [0.1, 0.15) is 24.0 Å². The number of piperidine rings is 1. The maximum atomic E-state index is 14.2. The number of ketones is 2. The van der Waals surface area contributed by atoms with Gasteiger partial charge in [-0.05, 0) is 95.5 Å². The number of aliphatic hydroxyl groups excluding tert-OH is 3. The molecule has 0 aromatic rings. The molecule has 1 amide bonds. The molecular weight excluding hydrogens is 710 g/mol. The molecule has 0 radical (unpaired) electrons. The van der Waals surface area contributed by atoms with E-state index in [9.17, 15) is 39.6 Å². The van der Waals surface area contributed by atoms with Gasteiger partial charge in [-0.2, -0.15) is 0 Å². The number of hydrogen-bond donors (Lipinski definition) is 4. The van der Waals surface area contributed by atoms with E-state index in [1.165, 1.54) is 7.11 Å². The Balaban J connectivity index is 1.75. The van der Waals surface area contributed by atoms with Crippen molar-refractivity contribution in [3.63, 3.8) is 0 Å². The molecule has 4 N–H and O–H groups in total. The molecule has 0 aromatic carbocycles. The number of Topliss-reactive ketones (excluding diaryl/α,β-unsaturated/α-hetero) is 2. The summed E-state index contributed by atoms with van der Waals surface area (Å²) in [7, 11) is 3.02. The number of carbonyl (C=O) groups is 4. The topological polar surface area (TPSA) is 189 Å². The normalized spacial score (nSPS) is 42.1. The summed E-state index contributed by atoms with van der Waals surface area (Å²) < 4.78 is 23.4. The zero-order chi connectivity index (χ0) is 40.8. The Kier molecular flexibility index (Phi) is 16.2. The van der Waals surface area contributed by atoms with Gasteiger partial charge in [-0.3, -0.25) is 14.4 Å². The summed E-state index contributed by atoms with van der Waals surface area (Å²) in [5, 5.41) is 45.3. The zero-order valence-corrected chi connectivity index (χ0v) is 34.1. The fraction of sp³-hybridized carbons (Fsp3) is 0.810. The predicted octanol–water partition coefficient (Wildman–Crippen LogP) is 3.82. The molecule has 3 aliphatic heterocycles. The molecule has 2 bridgehead atoms. The second kappa shape index (κ2) is 19.8. The minimum atomic E-state index is -2.58. The van der Waals surface area contributed by atoms with E-state index in [0.717, 1.165) is 10.5 Å². The molecule has 0 aromatic heterocycles. The molecule has 0 unspecified atom stereocenters. The van der Waals surface area contributed by atoms with Crippen LogP contribution in [0.15, 0.2) is 23.3 Å². The van der Waals surface area contributed by atoms with Gasteiger partial charge in [0.25, 0.3) is 11.7 Å². The van der Waals surface area contributed by atoms with Crippen LogP contribution in [0.3, 0.4) is 0 Å². The molecular formula is C42H67NO12. The number of amides is 1. The molecule has 4 aliphatic rings. The number of cyclic esters (lactones) is 1. The van der Waals surface area contributed by atoms with E-state index >= 15 is 0 Å². The number of allylic oxidation sites excluding steroid dienone is 3. The van der Waals surface area contributed by atoms with Gasteiger partial charge in [-0.1, -0.05) is 45.4 Å². The van der Waals surface area contributed by atoms with Gasteiger partial charge in [0.2, 0.25) is 5.79 Å². The highest BCUT2D eigenvalue weighted by Crippen LogP contribution is 2.39. The van der Waals surface area contributed by atoms with Crippen LogP contribution in [0.25, 0.3) is 0 Å². The van der Waals surface area contributed by atoms with E-state index in [2.05, 4.69) is 0 Å². The summed E-state index contributed by atoms with van der Waals surface area (Å²) in [4.78, 5) is 57.3. The Morgan fingerprint density at radius 2 is 1.62 bits per heavy atom. The summed E-state index contributed by atoms with van der Waals surface area (Å²) in [6.07, 6.45) is 2.15. The number of carbonyl (C=O) groups excluding carboxylic acids is 4. The van der Waals surface area contributed by atoms with Crippen LogP contribution in [-0.4, -0.2) is 124 Å². The number of esters is 1. The van der Waals surface area contributed by atoms with Crippen LogP contribution in [0.4, 0.5) is 0 Å². The first-order chi connectivity index (χ1) is 25.9. The monoisotopic (exact) mass is 777 g/mol. The molecule has 3 fully saturated rings. The van der Waals surface area contributed by atoms with Gasteiger partial charge in [-0.25, -0.2) is 4.79 Å². The largest absolute Gasteiger partial charge is 0.456 e. The summed E-state index contributed by atoms with van der Waals surface area (Å²) in [6.45, 7) is 11.0. The number of aliphatic hydroxyl groups is 4. The highest BCUT2D eigenvalue weighted by atomic mass is 16.7. The second-order valence-electron chi connectivity index (χ2n) is 16.9. The molecule has 0 spiro atoms. The van der Waals surface area contributed by atoms with Crippen molar-refractivity contribution in [1.29, 1.82) is 0 Å². The van der Waals surface area contributed by atoms with E-state index in [1.54, 1.807) is 21.0 Å². The molecule has 4 rings (SSSR count). The van der Waals surface area contributed by atoms with Crippen LogP contribution in [0.5, 0.6) is 0 Å². The Morgan fingerprint density at radius 3 is 2.27 bits per heavy atom. The zero-order valence-electron chi connectivity index (χ0n) is 34.1. The second-order valence-corrected chi connectivity index (χ2v) is 16.9. The standard InChI is InChI=1S/C42H67NO12/c1-9-29-17-23(2)16-24(3)18-34(47)38-36(53-8)20-26(5)42(51,55-38)39(48)40(49)43-15-11-10-12-30(43)41(50)54-37(27(6)32(45)22-33(29)46)25(4)19-28-13-14-31(44)35(21-28)52-7/h17,19,24,26-32,34-38,44-45,47,51H,9-16,18,20-22H2,1-8H3/b23-17-,25-19+/t24-,26+,27+,28-,29+,30-,31+,32-,34-,35+,36-,37+,38+,42+/m0/s1. The number of methoxy groups -OCH3 is 2. The van der Waals surface area contributed by atoms with Crippen LogP contribution in [0, 0.1) is 29.6 Å². The number of nitrogens with zero attached hydrogens (tertiary/aromatic N) is 1. The Labute approximate surface area is 326 Å². The van der Waals surface area contributed by atoms with E-state index in [0.29, 0.717) is 50.5 Å². The van der Waals surface area contributed by atoms with Crippen molar-refractivity contribution in [2.45, 2.75) is 167 Å². The minimum absolute atomic E-state index is 0.00759. The lowest BCUT2D eigenvalue weighted by molar-refractivity contribution is -0.301. The fourth-order valence-corrected chi connectivity index (χ4v) is 9.19. The predicted molar refractivity (Wildman–Crippen MR) is 203 cm³/mol. The summed E-state index contributed by atoms with van der Waals surface area (Å²) in [6, 6.07) is -1.16. The van der Waals surface area contributed by atoms with Gasteiger partial charge in [0.05, 0.1) is 30.5 Å². The summed E-state index contributed by atoms with van der Waals surface area (Å²) in [5.74, 6) is -7.97. The highest BCUT2D eigenvalue weighted by Gasteiger charge is 2.56. The van der Waals surface area contributed by atoms with Crippen molar-refractivity contribution < 1.29 is 58.6 Å². The van der Waals surface area contributed by atoms with Crippen molar-refractivity contribution in [2.24, 2.45) is 29.6 Å². The van der Waals surface area contributed by atoms with Crippen LogP contribution >= 0.6 is 0 Å². The SMILES string of the molecule is CC[C@@H]1/C=C(/C)C[C@H](C)C[C@H](O)[C@H]2O[C@@](O)(C(=O)C(=O)N3CCCC[C@H]3C(=O)O[C@H](/C(C)=C/[C@@H]3CC[C@@H](O)[C@H](OC)C3)[C@H](C)[C@@H](O)CC1=O)[C@H](C)C[C@@H]2OC. The summed E-state index contributed by atoms with van der Waals surface area (Å²) >= 11 is 0. The maximum Gasteiger partial charge on any atom is 0.329 e.